The largest absolute Gasteiger partial charge is 0.465 e. The van der Waals surface area contributed by atoms with E-state index in [1.807, 2.05) is 17.4 Å². The van der Waals surface area contributed by atoms with E-state index in [4.69, 9.17) is 16.3 Å². The van der Waals surface area contributed by atoms with Crippen LogP contribution in [-0.4, -0.2) is 32.7 Å². The molecule has 124 valence electrons. The monoisotopic (exact) mass is 344 g/mol. The van der Waals surface area contributed by atoms with Crippen molar-refractivity contribution in [3.8, 4) is 0 Å². The third kappa shape index (κ3) is 2.17. The van der Waals surface area contributed by atoms with Gasteiger partial charge in [0.2, 0.25) is 0 Å². The normalized spacial score (nSPS) is 15.0. The van der Waals surface area contributed by atoms with Crippen LogP contribution in [0.5, 0.6) is 0 Å². The molecule has 0 amide bonds. The van der Waals surface area contributed by atoms with Gasteiger partial charge in [-0.25, -0.2) is 9.78 Å². The summed E-state index contributed by atoms with van der Waals surface area (Å²) in [5.74, 6) is 0.972. The summed E-state index contributed by atoms with van der Waals surface area (Å²) < 4.78 is 6.88. The van der Waals surface area contributed by atoms with Gasteiger partial charge in [0.15, 0.2) is 10.8 Å². The van der Waals surface area contributed by atoms with Gasteiger partial charge in [0.05, 0.1) is 23.7 Å². The molecule has 2 aromatic heterocycles. The number of aryl methyl sites for hydroxylation is 1. The molecule has 1 aliphatic carbocycles. The predicted octanol–water partition coefficient (Wildman–Crippen LogP) is 3.55. The van der Waals surface area contributed by atoms with E-state index in [0.29, 0.717) is 34.2 Å². The predicted molar refractivity (Wildman–Crippen MR) is 90.6 cm³/mol. The Morgan fingerprint density at radius 1 is 1.38 bits per heavy atom. The Labute approximate surface area is 143 Å². The van der Waals surface area contributed by atoms with Crippen LogP contribution in [-0.2, 0) is 11.2 Å². The molecule has 0 N–H and O–H groups in total. The van der Waals surface area contributed by atoms with Crippen LogP contribution in [0, 0.1) is 0 Å². The van der Waals surface area contributed by atoms with Gasteiger partial charge in [0.25, 0.3) is 0 Å². The Bertz CT molecular complexity index is 962. The van der Waals surface area contributed by atoms with E-state index in [9.17, 15) is 4.79 Å². The fourth-order valence-corrected chi connectivity index (χ4v) is 3.45. The molecular formula is C17H17ClN4O2. The number of methoxy groups -OCH3 is 1. The molecule has 0 saturated heterocycles. The summed E-state index contributed by atoms with van der Waals surface area (Å²) in [6, 6.07) is 3.72. The van der Waals surface area contributed by atoms with Gasteiger partial charge in [-0.05, 0) is 37.0 Å². The van der Waals surface area contributed by atoms with Crippen LogP contribution in [0.25, 0.3) is 16.7 Å². The number of ether oxygens (including phenoxy) is 1. The standard InChI is InChI=1S/C17H17ClN4O2/c1-3-9-7-13-12(8-11(9)17(23)24-2)19-14(18)16-21-20-15(22(13)16)10-5-4-6-10/h7-8,10H,3-6H2,1-2H3. The van der Waals surface area contributed by atoms with Crippen molar-refractivity contribution < 1.29 is 9.53 Å². The maximum absolute atomic E-state index is 12.1. The number of rotatable bonds is 3. The smallest absolute Gasteiger partial charge is 0.338 e. The van der Waals surface area contributed by atoms with Crippen LogP contribution >= 0.6 is 11.6 Å². The minimum absolute atomic E-state index is 0.292. The van der Waals surface area contributed by atoms with Gasteiger partial charge < -0.3 is 4.74 Å². The van der Waals surface area contributed by atoms with Gasteiger partial charge in [-0.15, -0.1) is 10.2 Å². The first-order valence-electron chi connectivity index (χ1n) is 8.09. The maximum atomic E-state index is 12.1. The second-order valence-corrected chi connectivity index (χ2v) is 6.45. The highest BCUT2D eigenvalue weighted by molar-refractivity contribution is 6.32. The number of hydrogen-bond acceptors (Lipinski definition) is 5. The van der Waals surface area contributed by atoms with Gasteiger partial charge in [0, 0.05) is 5.92 Å². The molecule has 6 nitrogen and oxygen atoms in total. The third-order valence-electron chi connectivity index (χ3n) is 4.79. The van der Waals surface area contributed by atoms with Crippen molar-refractivity contribution >= 4 is 34.3 Å². The van der Waals surface area contributed by atoms with Gasteiger partial charge in [-0.2, -0.15) is 0 Å². The molecule has 0 spiro atoms. The minimum atomic E-state index is -0.366. The number of nitrogens with zero attached hydrogens (tertiary/aromatic N) is 4. The molecule has 7 heteroatoms. The van der Waals surface area contributed by atoms with Crippen molar-refractivity contribution in [2.45, 2.75) is 38.5 Å². The number of carbonyl (C=O) groups excluding carboxylic acids is 1. The highest BCUT2D eigenvalue weighted by atomic mass is 35.5. The molecule has 0 radical (unpaired) electrons. The Kier molecular flexibility index (Phi) is 3.64. The third-order valence-corrected chi connectivity index (χ3v) is 5.04. The SMILES string of the molecule is CCc1cc2c(cc1C(=O)OC)nc(Cl)c1nnc(C3CCC3)n12. The van der Waals surface area contributed by atoms with E-state index in [0.717, 1.165) is 29.7 Å². The highest BCUT2D eigenvalue weighted by Gasteiger charge is 2.27. The van der Waals surface area contributed by atoms with Crippen molar-refractivity contribution in [1.82, 2.24) is 19.6 Å². The first-order chi connectivity index (χ1) is 11.6. The Morgan fingerprint density at radius 2 is 2.17 bits per heavy atom. The molecule has 0 bridgehead atoms. The number of aromatic nitrogens is 4. The van der Waals surface area contributed by atoms with Crippen molar-refractivity contribution in [3.63, 3.8) is 0 Å². The number of carbonyl (C=O) groups is 1. The lowest BCUT2D eigenvalue weighted by Crippen LogP contribution is -2.13. The zero-order chi connectivity index (χ0) is 16.8. The second-order valence-electron chi connectivity index (χ2n) is 6.09. The summed E-state index contributed by atoms with van der Waals surface area (Å²) in [6.45, 7) is 2.01. The molecule has 3 aromatic rings. The van der Waals surface area contributed by atoms with E-state index < -0.39 is 0 Å². The molecule has 0 unspecified atom stereocenters. The summed E-state index contributed by atoms with van der Waals surface area (Å²) in [7, 11) is 1.38. The van der Waals surface area contributed by atoms with E-state index >= 15 is 0 Å². The molecule has 1 fully saturated rings. The van der Waals surface area contributed by atoms with Crippen molar-refractivity contribution in [1.29, 1.82) is 0 Å². The summed E-state index contributed by atoms with van der Waals surface area (Å²) >= 11 is 6.30. The minimum Gasteiger partial charge on any atom is -0.465 e. The summed E-state index contributed by atoms with van der Waals surface area (Å²) in [4.78, 5) is 16.5. The van der Waals surface area contributed by atoms with E-state index in [1.165, 1.54) is 13.5 Å². The number of esters is 1. The fraction of sp³-hybridized carbons (Fsp3) is 0.412. The topological polar surface area (TPSA) is 69.4 Å². The molecular weight excluding hydrogens is 328 g/mol. The second kappa shape index (κ2) is 5.70. The number of halogens is 1. The molecule has 4 rings (SSSR count). The number of benzene rings is 1. The fourth-order valence-electron chi connectivity index (χ4n) is 3.24. The van der Waals surface area contributed by atoms with Crippen LogP contribution < -0.4 is 0 Å². The molecule has 0 aliphatic heterocycles. The van der Waals surface area contributed by atoms with E-state index in [1.54, 1.807) is 6.07 Å². The van der Waals surface area contributed by atoms with Crippen LogP contribution in [0.2, 0.25) is 5.15 Å². The van der Waals surface area contributed by atoms with Gasteiger partial charge >= 0.3 is 5.97 Å². The lowest BCUT2D eigenvalue weighted by atomic mass is 9.85. The Balaban J connectivity index is 2.06. The molecule has 24 heavy (non-hydrogen) atoms. The van der Waals surface area contributed by atoms with E-state index in [2.05, 4.69) is 15.2 Å². The average Bonchev–Trinajstić information content (AvgIpc) is 2.97. The van der Waals surface area contributed by atoms with Gasteiger partial charge in [-0.3, -0.25) is 4.40 Å². The molecule has 1 saturated carbocycles. The molecule has 2 heterocycles. The first-order valence-corrected chi connectivity index (χ1v) is 8.47. The van der Waals surface area contributed by atoms with Crippen LogP contribution in [0.1, 0.15) is 53.8 Å². The van der Waals surface area contributed by atoms with Crippen LogP contribution in [0.15, 0.2) is 12.1 Å². The van der Waals surface area contributed by atoms with Crippen LogP contribution in [0.4, 0.5) is 0 Å². The van der Waals surface area contributed by atoms with E-state index in [-0.39, 0.29) is 5.97 Å². The Hall–Kier alpha value is -2.21. The summed E-state index contributed by atoms with van der Waals surface area (Å²) in [5.41, 5.74) is 3.52. The molecule has 1 aliphatic rings. The number of hydrogen-bond donors (Lipinski definition) is 0. The average molecular weight is 345 g/mol. The molecule has 0 atom stereocenters. The van der Waals surface area contributed by atoms with Gasteiger partial charge in [0.1, 0.15) is 5.82 Å². The lowest BCUT2D eigenvalue weighted by Gasteiger charge is -2.23. The summed E-state index contributed by atoms with van der Waals surface area (Å²) in [5, 5.41) is 8.87. The highest BCUT2D eigenvalue weighted by Crippen LogP contribution is 2.37. The first kappa shape index (κ1) is 15.3. The zero-order valence-corrected chi connectivity index (χ0v) is 14.3. The van der Waals surface area contributed by atoms with Crippen LogP contribution in [0.3, 0.4) is 0 Å². The lowest BCUT2D eigenvalue weighted by molar-refractivity contribution is 0.0599. The van der Waals surface area contributed by atoms with Crippen molar-refractivity contribution in [3.05, 3.63) is 34.2 Å². The Morgan fingerprint density at radius 3 is 2.79 bits per heavy atom. The molecule has 1 aromatic carbocycles. The number of fused-ring (bicyclic) bond motifs is 3. The zero-order valence-electron chi connectivity index (χ0n) is 13.5. The van der Waals surface area contributed by atoms with Gasteiger partial charge in [-0.1, -0.05) is 24.9 Å². The quantitative estimate of drug-likeness (QED) is 0.679. The van der Waals surface area contributed by atoms with Crippen molar-refractivity contribution in [2.24, 2.45) is 0 Å². The summed E-state index contributed by atoms with van der Waals surface area (Å²) in [6.07, 6.45) is 4.15. The van der Waals surface area contributed by atoms with Crippen molar-refractivity contribution in [2.75, 3.05) is 7.11 Å². The maximum Gasteiger partial charge on any atom is 0.338 e.